The fourth-order valence-electron chi connectivity index (χ4n) is 9.21. The molecule has 4 aromatic rings. The van der Waals surface area contributed by atoms with E-state index in [9.17, 15) is 10.2 Å². The number of likely N-dealkylation sites (tertiary alicyclic amines) is 1. The summed E-state index contributed by atoms with van der Waals surface area (Å²) in [6.45, 7) is 6.24. The van der Waals surface area contributed by atoms with E-state index in [1.807, 2.05) is 71.6 Å². The molecule has 2 fully saturated rings. The van der Waals surface area contributed by atoms with Crippen molar-refractivity contribution in [2.24, 2.45) is 5.41 Å². The molecule has 0 radical (unpaired) electrons. The van der Waals surface area contributed by atoms with Crippen molar-refractivity contribution in [2.45, 2.75) is 101 Å². The summed E-state index contributed by atoms with van der Waals surface area (Å²) in [6, 6.07) is 25.7. The molecule has 1 spiro atoms. The van der Waals surface area contributed by atoms with Crippen molar-refractivity contribution in [3.63, 3.8) is 0 Å². The van der Waals surface area contributed by atoms with Crippen LogP contribution in [0, 0.1) is 11.2 Å². The third-order valence-corrected chi connectivity index (χ3v) is 11.9. The van der Waals surface area contributed by atoms with Gasteiger partial charge in [0.15, 0.2) is 0 Å². The van der Waals surface area contributed by atoms with Gasteiger partial charge >= 0.3 is 0 Å². The predicted octanol–water partition coefficient (Wildman–Crippen LogP) is 8.49. The number of hydrogen-bond acceptors (Lipinski definition) is 5. The lowest BCUT2D eigenvalue weighted by atomic mass is 9.62. The molecule has 53 heavy (non-hydrogen) atoms. The van der Waals surface area contributed by atoms with Crippen LogP contribution in [0.5, 0.6) is 0 Å². The minimum Gasteiger partial charge on any atom is -0.393 e. The largest absolute Gasteiger partial charge is 0.393 e. The number of benzene rings is 4. The number of hydrogen-bond donors (Lipinski definition) is 4. The second-order valence-electron chi connectivity index (χ2n) is 16.0. The number of carbonyl (C=O) groups excluding carboxylic acids is 2. The van der Waals surface area contributed by atoms with Gasteiger partial charge in [-0.1, -0.05) is 123 Å². The summed E-state index contributed by atoms with van der Waals surface area (Å²) in [6.07, 6.45) is 1.02. The average molecular weight is 759 g/mol. The van der Waals surface area contributed by atoms with Crippen LogP contribution in [0.4, 0.5) is 10.1 Å². The van der Waals surface area contributed by atoms with Crippen molar-refractivity contribution in [3.05, 3.63) is 135 Å². The van der Waals surface area contributed by atoms with Gasteiger partial charge in [-0.2, -0.15) is 0 Å². The number of halogens is 3. The Kier molecular flexibility index (Phi) is 10.5. The van der Waals surface area contributed by atoms with Crippen LogP contribution in [-0.4, -0.2) is 51.2 Å². The molecule has 3 aliphatic rings. The maximum Gasteiger partial charge on any atom is 0.238 e. The molecule has 1 aliphatic carbocycles. The summed E-state index contributed by atoms with van der Waals surface area (Å²) in [5.74, 6) is -2.57. The van der Waals surface area contributed by atoms with Crippen molar-refractivity contribution in [2.75, 3.05) is 5.32 Å². The number of anilines is 1. The number of aliphatic hydroxyl groups excluding tert-OH is 2. The van der Waals surface area contributed by atoms with Crippen LogP contribution in [-0.2, 0) is 15.0 Å². The Bertz CT molecular complexity index is 1970. The zero-order chi connectivity index (χ0) is 37.7. The second kappa shape index (κ2) is 14.8. The first kappa shape index (κ1) is 37.5. The van der Waals surface area contributed by atoms with Crippen LogP contribution in [0.3, 0.4) is 0 Å². The number of aliphatic hydroxyl groups is 2. The number of rotatable bonds is 8. The SMILES string of the molecule is CC(C)(C)C[C@@H]1N([C@@H](c2ccccc2)[C@H](O)c2ccccc2)[C@H](C(=O)N[C@H]2CC[C@H](O)CC2)[C@@H](c2cccc(Cl)c2F)[C@]12C(=O)Nc1cc(Cl)ccc12. The van der Waals surface area contributed by atoms with Gasteiger partial charge in [0.2, 0.25) is 11.8 Å². The topological polar surface area (TPSA) is 102 Å². The third-order valence-electron chi connectivity index (χ3n) is 11.4. The zero-order valence-corrected chi connectivity index (χ0v) is 31.6. The van der Waals surface area contributed by atoms with E-state index in [1.54, 1.807) is 24.3 Å². The Morgan fingerprint density at radius 3 is 2.23 bits per heavy atom. The number of fused-ring (bicyclic) bond motifs is 2. The molecular formula is C43H46Cl2FN3O4. The number of nitrogens with zero attached hydrogens (tertiary/aromatic N) is 1. The van der Waals surface area contributed by atoms with Gasteiger partial charge in [-0.3, -0.25) is 14.5 Å². The van der Waals surface area contributed by atoms with Crippen LogP contribution in [0.1, 0.15) is 93.2 Å². The van der Waals surface area contributed by atoms with E-state index in [0.717, 1.165) is 5.56 Å². The van der Waals surface area contributed by atoms with Crippen LogP contribution in [0.2, 0.25) is 10.0 Å². The minimum absolute atomic E-state index is 0.123. The third kappa shape index (κ3) is 6.89. The summed E-state index contributed by atoms with van der Waals surface area (Å²) in [4.78, 5) is 32.6. The molecule has 6 atom stereocenters. The molecule has 7 nitrogen and oxygen atoms in total. The molecule has 0 unspecified atom stereocenters. The standard InChI is InChI=1S/C43H46Cl2FN3O4/c1-42(2,3)24-34-43(31-22-17-27(44)23-33(31)48-41(43)53)35(30-15-10-16-32(45)36(30)46)38(40(52)47-28-18-20-29(50)21-19-28)49(34)37(25-11-6-4-7-12-25)39(51)26-13-8-5-9-14-26/h4-17,22-23,28-29,34-35,37-39,50-51H,18-21,24H2,1-3H3,(H,47,52)(H,48,53)/t28-,29-,34-,35+,37-,38-,39+,43+/m0/s1. The van der Waals surface area contributed by atoms with Crippen LogP contribution < -0.4 is 10.6 Å². The normalized spacial score (nSPS) is 26.9. The Hall–Kier alpha value is -3.79. The highest BCUT2D eigenvalue weighted by Crippen LogP contribution is 2.63. The molecule has 278 valence electrons. The second-order valence-corrected chi connectivity index (χ2v) is 16.9. The quantitative estimate of drug-likeness (QED) is 0.145. The molecule has 4 N–H and O–H groups in total. The van der Waals surface area contributed by atoms with Crippen LogP contribution in [0.15, 0.2) is 97.1 Å². The van der Waals surface area contributed by atoms with Crippen molar-refractivity contribution in [1.29, 1.82) is 0 Å². The lowest BCUT2D eigenvalue weighted by Gasteiger charge is -2.44. The first-order valence-electron chi connectivity index (χ1n) is 18.4. The first-order valence-corrected chi connectivity index (χ1v) is 19.2. The zero-order valence-electron chi connectivity index (χ0n) is 30.1. The number of amides is 2. The van der Waals surface area contributed by atoms with Crippen molar-refractivity contribution in [3.8, 4) is 0 Å². The Labute approximate surface area is 320 Å². The van der Waals surface area contributed by atoms with Gasteiger partial charge in [-0.15, -0.1) is 0 Å². The van der Waals surface area contributed by atoms with Gasteiger partial charge in [0.1, 0.15) is 11.2 Å². The van der Waals surface area contributed by atoms with E-state index >= 15 is 14.0 Å². The van der Waals surface area contributed by atoms with Crippen LogP contribution >= 0.6 is 23.2 Å². The van der Waals surface area contributed by atoms with Gasteiger partial charge < -0.3 is 20.8 Å². The van der Waals surface area contributed by atoms with Crippen molar-refractivity contribution >= 4 is 40.7 Å². The number of carbonyl (C=O) groups is 2. The highest BCUT2D eigenvalue weighted by Gasteiger charge is 2.70. The molecular weight excluding hydrogens is 712 g/mol. The molecule has 0 aromatic heterocycles. The molecule has 10 heteroatoms. The fraction of sp³-hybridized carbons (Fsp3) is 0.395. The molecule has 2 aliphatic heterocycles. The van der Waals surface area contributed by atoms with Crippen molar-refractivity contribution in [1.82, 2.24) is 10.2 Å². The van der Waals surface area contributed by atoms with E-state index in [4.69, 9.17) is 23.2 Å². The summed E-state index contributed by atoms with van der Waals surface area (Å²) in [7, 11) is 0. The maximum atomic E-state index is 16.8. The van der Waals surface area contributed by atoms with Gasteiger partial charge in [0, 0.05) is 28.7 Å². The average Bonchev–Trinajstić information content (AvgIpc) is 3.57. The molecule has 0 bridgehead atoms. The summed E-state index contributed by atoms with van der Waals surface area (Å²) in [5, 5.41) is 29.6. The van der Waals surface area contributed by atoms with Gasteiger partial charge in [-0.25, -0.2) is 4.39 Å². The molecule has 4 aromatic carbocycles. The van der Waals surface area contributed by atoms with Gasteiger partial charge in [0.25, 0.3) is 0 Å². The Balaban J connectivity index is 1.56. The Morgan fingerprint density at radius 1 is 0.943 bits per heavy atom. The highest BCUT2D eigenvalue weighted by atomic mass is 35.5. The lowest BCUT2D eigenvalue weighted by Crippen LogP contribution is -2.54. The Morgan fingerprint density at radius 2 is 1.58 bits per heavy atom. The molecule has 2 heterocycles. The smallest absolute Gasteiger partial charge is 0.238 e. The molecule has 2 amide bonds. The fourth-order valence-corrected chi connectivity index (χ4v) is 9.56. The minimum atomic E-state index is -1.53. The van der Waals surface area contributed by atoms with E-state index < -0.39 is 52.9 Å². The number of nitrogens with one attached hydrogen (secondary N) is 2. The summed E-state index contributed by atoms with van der Waals surface area (Å²) < 4.78 is 16.8. The van der Waals surface area contributed by atoms with Gasteiger partial charge in [0.05, 0.1) is 29.3 Å². The van der Waals surface area contributed by atoms with E-state index in [0.29, 0.717) is 53.9 Å². The van der Waals surface area contributed by atoms with E-state index in [1.165, 1.54) is 6.07 Å². The summed E-state index contributed by atoms with van der Waals surface area (Å²) >= 11 is 13.1. The van der Waals surface area contributed by atoms with E-state index in [2.05, 4.69) is 31.4 Å². The molecule has 1 saturated heterocycles. The predicted molar refractivity (Wildman–Crippen MR) is 206 cm³/mol. The van der Waals surface area contributed by atoms with E-state index in [-0.39, 0.29) is 28.4 Å². The lowest BCUT2D eigenvalue weighted by molar-refractivity contribution is -0.130. The molecule has 1 saturated carbocycles. The molecule has 7 rings (SSSR count). The highest BCUT2D eigenvalue weighted by molar-refractivity contribution is 6.31. The first-order chi connectivity index (χ1) is 25.3. The summed E-state index contributed by atoms with van der Waals surface area (Å²) in [5.41, 5.74) is 0.657. The maximum absolute atomic E-state index is 16.8. The van der Waals surface area contributed by atoms with Crippen LogP contribution in [0.25, 0.3) is 0 Å². The van der Waals surface area contributed by atoms with Crippen molar-refractivity contribution < 1.29 is 24.2 Å². The van der Waals surface area contributed by atoms with Gasteiger partial charge in [-0.05, 0) is 78.0 Å². The monoisotopic (exact) mass is 757 g/mol.